The van der Waals surface area contributed by atoms with Gasteiger partial charge in [0.2, 0.25) is 0 Å². The molecule has 0 aromatic carbocycles. The summed E-state index contributed by atoms with van der Waals surface area (Å²) < 4.78 is 10.4. The van der Waals surface area contributed by atoms with Gasteiger partial charge in [0.1, 0.15) is 23.6 Å². The summed E-state index contributed by atoms with van der Waals surface area (Å²) in [6.45, 7) is 0.432. The van der Waals surface area contributed by atoms with Crippen LogP contribution in [0.25, 0.3) is 0 Å². The molecular weight excluding hydrogens is 170 g/mol. The highest BCUT2D eigenvalue weighted by Gasteiger charge is 2.50. The van der Waals surface area contributed by atoms with Crippen LogP contribution in [-0.4, -0.2) is 41.6 Å². The number of rotatable bonds is 0. The third-order valence-corrected chi connectivity index (χ3v) is 2.75. The Balaban J connectivity index is 2.16. The van der Waals surface area contributed by atoms with Gasteiger partial charge in [0.05, 0.1) is 6.61 Å². The Morgan fingerprint density at radius 1 is 1.55 bits per heavy atom. The number of fused-ring (bicyclic) bond motifs is 2. The molecule has 64 valence electrons. The summed E-state index contributed by atoms with van der Waals surface area (Å²) in [6, 6.07) is -0.192. The quantitative estimate of drug-likeness (QED) is 0.438. The largest absolute Gasteiger partial charge is 0.384 e. The fourth-order valence-corrected chi connectivity index (χ4v) is 1.73. The van der Waals surface area contributed by atoms with Crippen LogP contribution in [0.5, 0.6) is 0 Å². The Labute approximate surface area is 69.2 Å². The second-order valence-electron chi connectivity index (χ2n) is 2.98. The number of hydrogen-bond donors (Lipinski definition) is 2. The summed E-state index contributed by atoms with van der Waals surface area (Å²) in [5.74, 6) is 0. The Morgan fingerprint density at radius 3 is 3.00 bits per heavy atom. The molecule has 11 heavy (non-hydrogen) atoms. The zero-order valence-electron chi connectivity index (χ0n) is 5.94. The third kappa shape index (κ3) is 1.06. The lowest BCUT2D eigenvalue weighted by Gasteiger charge is -2.30. The average molecular weight is 181 g/mol. The van der Waals surface area contributed by atoms with Crippen LogP contribution in [0.1, 0.15) is 0 Å². The number of quaternary nitrogens is 1. The molecule has 2 fully saturated rings. The SMILES string of the molecule is [NH3+][C@@H]1[C@H](O)[C@H]2CO[C@H](O2)[C@H]1Cl. The molecule has 4 N–H and O–H groups in total. The van der Waals surface area contributed by atoms with Crippen molar-refractivity contribution in [3.8, 4) is 0 Å². The zero-order valence-corrected chi connectivity index (χ0v) is 6.70. The van der Waals surface area contributed by atoms with Crippen molar-refractivity contribution in [2.24, 2.45) is 0 Å². The lowest BCUT2D eigenvalue weighted by Crippen LogP contribution is -2.75. The topological polar surface area (TPSA) is 66.3 Å². The third-order valence-electron chi connectivity index (χ3n) is 2.22. The van der Waals surface area contributed by atoms with Crippen molar-refractivity contribution in [1.29, 1.82) is 0 Å². The molecule has 5 atom stereocenters. The Bertz CT molecular complexity index is 148. The highest BCUT2D eigenvalue weighted by Crippen LogP contribution is 2.29. The molecule has 2 aliphatic heterocycles. The minimum absolute atomic E-state index is 0.192. The van der Waals surface area contributed by atoms with Crippen LogP contribution in [0.3, 0.4) is 0 Å². The first-order valence-corrected chi connectivity index (χ1v) is 4.06. The van der Waals surface area contributed by atoms with E-state index in [1.165, 1.54) is 0 Å². The van der Waals surface area contributed by atoms with Gasteiger partial charge >= 0.3 is 0 Å². The Kier molecular flexibility index (Phi) is 1.81. The summed E-state index contributed by atoms with van der Waals surface area (Å²) in [6.07, 6.45) is -1.18. The van der Waals surface area contributed by atoms with Crippen LogP contribution in [-0.2, 0) is 9.47 Å². The molecule has 0 aliphatic carbocycles. The summed E-state index contributed by atoms with van der Waals surface area (Å²) in [4.78, 5) is 0. The average Bonchev–Trinajstić information content (AvgIpc) is 2.44. The fourth-order valence-electron chi connectivity index (χ4n) is 1.45. The van der Waals surface area contributed by atoms with E-state index in [1.807, 2.05) is 0 Å². The first-order valence-electron chi connectivity index (χ1n) is 3.62. The van der Waals surface area contributed by atoms with Crippen molar-refractivity contribution in [2.45, 2.75) is 29.9 Å². The molecule has 4 nitrogen and oxygen atoms in total. The molecule has 2 saturated heterocycles. The number of hydrogen-bond acceptors (Lipinski definition) is 3. The van der Waals surface area contributed by atoms with Crippen LogP contribution in [0, 0.1) is 0 Å². The van der Waals surface area contributed by atoms with E-state index in [2.05, 4.69) is 5.73 Å². The van der Waals surface area contributed by atoms with Gasteiger partial charge in [-0.2, -0.15) is 0 Å². The van der Waals surface area contributed by atoms with Crippen molar-refractivity contribution in [3.63, 3.8) is 0 Å². The van der Waals surface area contributed by atoms with Crippen molar-refractivity contribution >= 4 is 11.6 Å². The molecule has 5 heteroatoms. The van der Waals surface area contributed by atoms with Gasteiger partial charge in [0.15, 0.2) is 6.29 Å². The van der Waals surface area contributed by atoms with Crippen LogP contribution < -0.4 is 5.73 Å². The molecule has 0 radical (unpaired) electrons. The maximum atomic E-state index is 9.48. The molecule has 0 spiro atoms. The molecule has 2 aliphatic rings. The summed E-state index contributed by atoms with van der Waals surface area (Å²) in [5.41, 5.74) is 3.76. The van der Waals surface area contributed by atoms with E-state index in [1.54, 1.807) is 0 Å². The van der Waals surface area contributed by atoms with Gasteiger partial charge in [-0.1, -0.05) is 0 Å². The first kappa shape index (κ1) is 7.76. The minimum atomic E-state index is -0.587. The summed E-state index contributed by atoms with van der Waals surface area (Å²) in [7, 11) is 0. The monoisotopic (exact) mass is 180 g/mol. The zero-order chi connectivity index (χ0) is 8.01. The van der Waals surface area contributed by atoms with Gasteiger partial charge in [0, 0.05) is 0 Å². The number of alkyl halides is 1. The standard InChI is InChI=1S/C6H10ClNO3/c7-3-4(8)5(9)2-1-10-6(3)11-2/h2-6,9H,1,8H2/p+1/t2-,3+,4+,5-,6-/m1/s1. The number of aliphatic hydroxyl groups is 1. The van der Waals surface area contributed by atoms with E-state index in [0.29, 0.717) is 6.61 Å². The molecule has 2 heterocycles. The van der Waals surface area contributed by atoms with Crippen LogP contribution in [0.15, 0.2) is 0 Å². The molecule has 0 unspecified atom stereocenters. The highest BCUT2D eigenvalue weighted by atomic mass is 35.5. The van der Waals surface area contributed by atoms with Crippen molar-refractivity contribution in [1.82, 2.24) is 0 Å². The van der Waals surface area contributed by atoms with E-state index in [4.69, 9.17) is 21.1 Å². The lowest BCUT2D eigenvalue weighted by atomic mass is 10.0. The smallest absolute Gasteiger partial charge is 0.180 e. The molecule has 2 rings (SSSR count). The predicted molar refractivity (Wildman–Crippen MR) is 36.9 cm³/mol. The molecule has 0 saturated carbocycles. The number of aliphatic hydroxyl groups excluding tert-OH is 1. The minimum Gasteiger partial charge on any atom is -0.384 e. The lowest BCUT2D eigenvalue weighted by molar-refractivity contribution is -0.454. The second-order valence-corrected chi connectivity index (χ2v) is 3.48. The van der Waals surface area contributed by atoms with Gasteiger partial charge in [0.25, 0.3) is 0 Å². The van der Waals surface area contributed by atoms with E-state index < -0.39 is 6.10 Å². The van der Waals surface area contributed by atoms with E-state index in [0.717, 1.165) is 0 Å². The van der Waals surface area contributed by atoms with Crippen LogP contribution >= 0.6 is 11.6 Å². The first-order chi connectivity index (χ1) is 5.20. The normalized spacial score (nSPS) is 56.5. The summed E-state index contributed by atoms with van der Waals surface area (Å²) >= 11 is 5.88. The van der Waals surface area contributed by atoms with Crippen molar-refractivity contribution < 1.29 is 20.3 Å². The second kappa shape index (κ2) is 2.57. The van der Waals surface area contributed by atoms with Crippen LogP contribution in [0.2, 0.25) is 0 Å². The van der Waals surface area contributed by atoms with Crippen molar-refractivity contribution in [2.75, 3.05) is 6.61 Å². The van der Waals surface area contributed by atoms with Crippen LogP contribution in [0.4, 0.5) is 0 Å². The maximum absolute atomic E-state index is 9.48. The number of halogens is 1. The van der Waals surface area contributed by atoms with Gasteiger partial charge in [-0.25, -0.2) is 0 Å². The van der Waals surface area contributed by atoms with E-state index >= 15 is 0 Å². The molecule has 0 amide bonds. The van der Waals surface area contributed by atoms with Gasteiger partial charge in [-0.15, -0.1) is 11.6 Å². The van der Waals surface area contributed by atoms with E-state index in [9.17, 15) is 5.11 Å². The fraction of sp³-hybridized carbons (Fsp3) is 1.00. The van der Waals surface area contributed by atoms with Gasteiger partial charge < -0.3 is 20.3 Å². The summed E-state index contributed by atoms with van der Waals surface area (Å²) in [5, 5.41) is 9.15. The maximum Gasteiger partial charge on any atom is 0.180 e. The molecular formula is C6H11ClNO3+. The molecule has 0 aromatic rings. The Morgan fingerprint density at radius 2 is 2.27 bits per heavy atom. The molecule has 0 aromatic heterocycles. The Hall–Kier alpha value is 0.130. The van der Waals surface area contributed by atoms with E-state index in [-0.39, 0.29) is 23.8 Å². The van der Waals surface area contributed by atoms with Crippen molar-refractivity contribution in [3.05, 3.63) is 0 Å². The molecule has 2 bridgehead atoms. The highest BCUT2D eigenvalue weighted by molar-refractivity contribution is 6.21. The number of ether oxygens (including phenoxy) is 2. The predicted octanol–water partition coefficient (Wildman–Crippen LogP) is -1.68. The van der Waals surface area contributed by atoms with Gasteiger partial charge in [-0.3, -0.25) is 0 Å². The van der Waals surface area contributed by atoms with Gasteiger partial charge in [-0.05, 0) is 0 Å².